The minimum absolute atomic E-state index is 0.629. The van der Waals surface area contributed by atoms with Crippen LogP contribution in [0, 0.1) is 5.92 Å². The average molecular weight is 245 g/mol. The van der Waals surface area contributed by atoms with Gasteiger partial charge in [-0.1, -0.05) is 38.1 Å². The molecular weight excluding hydrogens is 218 g/mol. The van der Waals surface area contributed by atoms with Gasteiger partial charge in [0.2, 0.25) is 0 Å². The first kappa shape index (κ1) is 13.6. The summed E-state index contributed by atoms with van der Waals surface area (Å²) in [6, 6.07) is 9.69. The van der Waals surface area contributed by atoms with E-state index in [1.807, 2.05) is 0 Å². The van der Waals surface area contributed by atoms with Crippen LogP contribution in [-0.2, 0) is 6.42 Å². The zero-order valence-corrected chi connectivity index (χ0v) is 12.1. The molecule has 100 valence electrons. The first-order chi connectivity index (χ1) is 8.72. The normalized spacial score (nSPS) is 22.3. The lowest BCUT2D eigenvalue weighted by atomic mass is 9.77. The average Bonchev–Trinajstić information content (AvgIpc) is 2.39. The fourth-order valence-corrected chi connectivity index (χ4v) is 3.28. The summed E-state index contributed by atoms with van der Waals surface area (Å²) in [5.74, 6) is 1.53. The molecule has 0 saturated carbocycles. The van der Waals surface area contributed by atoms with Crippen LogP contribution in [-0.4, -0.2) is 12.6 Å². The maximum absolute atomic E-state index is 3.56. The Morgan fingerprint density at radius 3 is 2.83 bits per heavy atom. The van der Waals surface area contributed by atoms with E-state index in [4.69, 9.17) is 0 Å². The van der Waals surface area contributed by atoms with Crippen molar-refractivity contribution < 1.29 is 0 Å². The second kappa shape index (κ2) is 6.38. The van der Waals surface area contributed by atoms with Crippen LogP contribution in [0.1, 0.15) is 57.1 Å². The molecule has 0 radical (unpaired) electrons. The van der Waals surface area contributed by atoms with Crippen molar-refractivity contribution >= 4 is 0 Å². The van der Waals surface area contributed by atoms with E-state index in [2.05, 4.69) is 50.4 Å². The first-order valence-corrected chi connectivity index (χ1v) is 7.53. The Morgan fingerprint density at radius 1 is 1.28 bits per heavy atom. The molecule has 2 rings (SSSR count). The van der Waals surface area contributed by atoms with Crippen molar-refractivity contribution in [2.45, 2.75) is 58.4 Å². The SMILES string of the molecule is CCNC(C)C(C)CC1CCCc2ccccc21. The fourth-order valence-electron chi connectivity index (χ4n) is 3.28. The highest BCUT2D eigenvalue weighted by atomic mass is 14.9. The van der Waals surface area contributed by atoms with Crippen molar-refractivity contribution in [3.8, 4) is 0 Å². The number of rotatable bonds is 5. The predicted molar refractivity (Wildman–Crippen MR) is 79.0 cm³/mol. The molecule has 0 aliphatic heterocycles. The molecule has 0 heterocycles. The zero-order chi connectivity index (χ0) is 13.0. The highest BCUT2D eigenvalue weighted by Gasteiger charge is 2.23. The maximum Gasteiger partial charge on any atom is 0.00644 e. The van der Waals surface area contributed by atoms with Gasteiger partial charge in [0, 0.05) is 6.04 Å². The predicted octanol–water partition coefficient (Wildman–Crippen LogP) is 4.13. The summed E-state index contributed by atoms with van der Waals surface area (Å²) in [6.07, 6.45) is 5.35. The van der Waals surface area contributed by atoms with Crippen LogP contribution < -0.4 is 5.32 Å². The van der Waals surface area contributed by atoms with Crippen LogP contribution >= 0.6 is 0 Å². The van der Waals surface area contributed by atoms with E-state index >= 15 is 0 Å². The molecule has 1 aliphatic rings. The number of hydrogen-bond donors (Lipinski definition) is 1. The molecule has 0 bridgehead atoms. The number of benzene rings is 1. The molecule has 1 aromatic rings. The monoisotopic (exact) mass is 245 g/mol. The van der Waals surface area contributed by atoms with Crippen LogP contribution in [0.4, 0.5) is 0 Å². The summed E-state index contributed by atoms with van der Waals surface area (Å²) in [7, 11) is 0. The van der Waals surface area contributed by atoms with Gasteiger partial charge in [-0.15, -0.1) is 0 Å². The lowest BCUT2D eigenvalue weighted by molar-refractivity contribution is 0.344. The summed E-state index contributed by atoms with van der Waals surface area (Å²) in [6.45, 7) is 7.99. The summed E-state index contributed by atoms with van der Waals surface area (Å²) in [4.78, 5) is 0. The van der Waals surface area contributed by atoms with Gasteiger partial charge in [0.1, 0.15) is 0 Å². The molecule has 0 spiro atoms. The van der Waals surface area contributed by atoms with E-state index in [1.54, 1.807) is 11.1 Å². The van der Waals surface area contributed by atoms with Crippen molar-refractivity contribution in [2.24, 2.45) is 5.92 Å². The fraction of sp³-hybridized carbons (Fsp3) is 0.647. The van der Waals surface area contributed by atoms with Crippen molar-refractivity contribution in [1.29, 1.82) is 0 Å². The molecule has 0 aromatic heterocycles. The Balaban J connectivity index is 2.02. The van der Waals surface area contributed by atoms with Gasteiger partial charge in [0.25, 0.3) is 0 Å². The minimum atomic E-state index is 0.629. The van der Waals surface area contributed by atoms with Crippen LogP contribution in [0.3, 0.4) is 0 Å². The van der Waals surface area contributed by atoms with E-state index in [0.717, 1.165) is 18.4 Å². The van der Waals surface area contributed by atoms with E-state index in [9.17, 15) is 0 Å². The van der Waals surface area contributed by atoms with Crippen molar-refractivity contribution in [3.05, 3.63) is 35.4 Å². The van der Waals surface area contributed by atoms with E-state index in [0.29, 0.717) is 6.04 Å². The van der Waals surface area contributed by atoms with Gasteiger partial charge in [-0.25, -0.2) is 0 Å². The smallest absolute Gasteiger partial charge is 0.00644 e. The summed E-state index contributed by atoms with van der Waals surface area (Å²) < 4.78 is 0. The molecular formula is C17H27N. The zero-order valence-electron chi connectivity index (χ0n) is 12.1. The largest absolute Gasteiger partial charge is 0.314 e. The van der Waals surface area contributed by atoms with Gasteiger partial charge in [-0.3, -0.25) is 0 Å². The second-order valence-corrected chi connectivity index (χ2v) is 5.85. The van der Waals surface area contributed by atoms with Gasteiger partial charge in [-0.05, 0) is 62.1 Å². The molecule has 3 unspecified atom stereocenters. The lowest BCUT2D eigenvalue weighted by Crippen LogP contribution is -2.33. The summed E-state index contributed by atoms with van der Waals surface area (Å²) >= 11 is 0. The van der Waals surface area contributed by atoms with Gasteiger partial charge in [-0.2, -0.15) is 0 Å². The van der Waals surface area contributed by atoms with Crippen molar-refractivity contribution in [1.82, 2.24) is 5.32 Å². The Bertz CT molecular complexity index is 372. The number of hydrogen-bond acceptors (Lipinski definition) is 1. The molecule has 0 saturated heterocycles. The third-order valence-electron chi connectivity index (χ3n) is 4.53. The van der Waals surface area contributed by atoms with E-state index in [-0.39, 0.29) is 0 Å². The quantitative estimate of drug-likeness (QED) is 0.822. The highest BCUT2D eigenvalue weighted by molar-refractivity contribution is 5.32. The second-order valence-electron chi connectivity index (χ2n) is 5.85. The van der Waals surface area contributed by atoms with Crippen LogP contribution in [0.5, 0.6) is 0 Å². The van der Waals surface area contributed by atoms with E-state index in [1.165, 1.54) is 25.7 Å². The molecule has 18 heavy (non-hydrogen) atoms. The van der Waals surface area contributed by atoms with Crippen molar-refractivity contribution in [2.75, 3.05) is 6.54 Å². The minimum Gasteiger partial charge on any atom is -0.314 e. The highest BCUT2D eigenvalue weighted by Crippen LogP contribution is 2.36. The molecule has 0 amide bonds. The van der Waals surface area contributed by atoms with Gasteiger partial charge in [0.15, 0.2) is 0 Å². The molecule has 1 heteroatoms. The Kier molecular flexibility index (Phi) is 4.82. The Morgan fingerprint density at radius 2 is 2.06 bits per heavy atom. The topological polar surface area (TPSA) is 12.0 Å². The standard InChI is InChI=1S/C17H27N/c1-4-18-14(3)13(2)12-16-10-7-9-15-8-5-6-11-17(15)16/h5-6,8,11,13-14,16,18H,4,7,9-10,12H2,1-3H3. The third-order valence-corrected chi connectivity index (χ3v) is 4.53. The van der Waals surface area contributed by atoms with Gasteiger partial charge >= 0.3 is 0 Å². The van der Waals surface area contributed by atoms with Gasteiger partial charge < -0.3 is 5.32 Å². The third kappa shape index (κ3) is 3.14. The lowest BCUT2D eigenvalue weighted by Gasteiger charge is -2.30. The summed E-state index contributed by atoms with van der Waals surface area (Å²) in [5, 5.41) is 3.56. The Hall–Kier alpha value is -0.820. The number of aryl methyl sites for hydroxylation is 1. The molecule has 1 N–H and O–H groups in total. The van der Waals surface area contributed by atoms with Gasteiger partial charge in [0.05, 0.1) is 0 Å². The summed E-state index contributed by atoms with van der Waals surface area (Å²) in [5.41, 5.74) is 3.22. The van der Waals surface area contributed by atoms with E-state index < -0.39 is 0 Å². The Labute approximate surface area is 112 Å². The first-order valence-electron chi connectivity index (χ1n) is 7.53. The van der Waals surface area contributed by atoms with Crippen LogP contribution in [0.2, 0.25) is 0 Å². The van der Waals surface area contributed by atoms with Crippen molar-refractivity contribution in [3.63, 3.8) is 0 Å². The van der Waals surface area contributed by atoms with Crippen LogP contribution in [0.25, 0.3) is 0 Å². The van der Waals surface area contributed by atoms with Crippen LogP contribution in [0.15, 0.2) is 24.3 Å². The molecule has 1 aromatic carbocycles. The molecule has 1 aliphatic carbocycles. The number of fused-ring (bicyclic) bond motifs is 1. The maximum atomic E-state index is 3.56. The number of nitrogens with one attached hydrogen (secondary N) is 1. The molecule has 0 fully saturated rings. The molecule has 3 atom stereocenters. The molecule has 1 nitrogen and oxygen atoms in total.